The van der Waals surface area contributed by atoms with Crippen LogP contribution in [0.1, 0.15) is 52.5 Å². The number of hydrogen-bond acceptors (Lipinski definition) is 3. The zero-order valence-corrected chi connectivity index (χ0v) is 20.3. The minimum Gasteiger partial charge on any atom is -0.489 e. The monoisotopic (exact) mass is 473 g/mol. The lowest BCUT2D eigenvalue weighted by atomic mass is 10.0. The SMILES string of the molecule is Cc1cc(NC(=O)c2cccc(COc3ccc(C(C)C)cc3)c2)nn1Cc1ccc(Cl)cc1. The summed E-state index contributed by atoms with van der Waals surface area (Å²) >= 11 is 5.97. The van der Waals surface area contributed by atoms with Gasteiger partial charge in [0.1, 0.15) is 12.4 Å². The molecule has 0 unspecified atom stereocenters. The molecule has 0 radical (unpaired) electrons. The summed E-state index contributed by atoms with van der Waals surface area (Å²) in [4.78, 5) is 12.8. The number of anilines is 1. The number of ether oxygens (including phenoxy) is 1. The molecule has 0 aliphatic carbocycles. The van der Waals surface area contributed by atoms with Crippen molar-refractivity contribution in [1.82, 2.24) is 9.78 Å². The molecule has 6 heteroatoms. The van der Waals surface area contributed by atoms with Crippen molar-refractivity contribution in [2.45, 2.75) is 39.8 Å². The van der Waals surface area contributed by atoms with E-state index in [4.69, 9.17) is 16.3 Å². The highest BCUT2D eigenvalue weighted by molar-refractivity contribution is 6.30. The van der Waals surface area contributed by atoms with E-state index in [9.17, 15) is 4.79 Å². The molecule has 0 atom stereocenters. The normalized spacial score (nSPS) is 11.0. The van der Waals surface area contributed by atoms with Gasteiger partial charge in [-0.05, 0) is 65.9 Å². The largest absolute Gasteiger partial charge is 0.489 e. The quantitative estimate of drug-likeness (QED) is 0.304. The number of hydrogen-bond donors (Lipinski definition) is 1. The molecule has 174 valence electrons. The number of nitrogens with zero attached hydrogens (tertiary/aromatic N) is 2. The first kappa shape index (κ1) is 23.6. The minimum atomic E-state index is -0.209. The first-order chi connectivity index (χ1) is 16.4. The van der Waals surface area contributed by atoms with Gasteiger partial charge in [0.05, 0.1) is 6.54 Å². The van der Waals surface area contributed by atoms with Gasteiger partial charge in [0.15, 0.2) is 5.82 Å². The van der Waals surface area contributed by atoms with Crippen molar-refractivity contribution >= 4 is 23.3 Å². The van der Waals surface area contributed by atoms with E-state index in [0.717, 1.165) is 22.6 Å². The molecule has 0 aliphatic heterocycles. The Morgan fingerprint density at radius 2 is 1.74 bits per heavy atom. The van der Waals surface area contributed by atoms with Crippen LogP contribution in [0, 0.1) is 6.92 Å². The molecule has 1 amide bonds. The van der Waals surface area contributed by atoms with Gasteiger partial charge < -0.3 is 10.1 Å². The second kappa shape index (κ2) is 10.6. The molecule has 0 aliphatic rings. The summed E-state index contributed by atoms with van der Waals surface area (Å²) in [6, 6.07) is 25.1. The van der Waals surface area contributed by atoms with Crippen LogP contribution in [0.15, 0.2) is 78.9 Å². The number of nitrogens with one attached hydrogen (secondary N) is 1. The van der Waals surface area contributed by atoms with Crippen molar-refractivity contribution in [3.8, 4) is 5.75 Å². The van der Waals surface area contributed by atoms with Crippen molar-refractivity contribution in [1.29, 1.82) is 0 Å². The van der Waals surface area contributed by atoms with Crippen molar-refractivity contribution in [2.24, 2.45) is 0 Å². The number of carbonyl (C=O) groups excluding carboxylic acids is 1. The number of aromatic nitrogens is 2. The maximum Gasteiger partial charge on any atom is 0.256 e. The summed E-state index contributed by atoms with van der Waals surface area (Å²) in [6.45, 7) is 7.28. The summed E-state index contributed by atoms with van der Waals surface area (Å²) in [5.41, 5.74) is 4.79. The molecule has 1 heterocycles. The molecule has 0 bridgehead atoms. The molecule has 3 aromatic carbocycles. The number of halogens is 1. The Hall–Kier alpha value is -3.57. The second-order valence-electron chi connectivity index (χ2n) is 8.62. The summed E-state index contributed by atoms with van der Waals surface area (Å²) in [6.07, 6.45) is 0. The highest BCUT2D eigenvalue weighted by Gasteiger charge is 2.11. The van der Waals surface area contributed by atoms with Crippen molar-refractivity contribution < 1.29 is 9.53 Å². The summed E-state index contributed by atoms with van der Waals surface area (Å²) in [7, 11) is 0. The smallest absolute Gasteiger partial charge is 0.256 e. The van der Waals surface area contributed by atoms with Gasteiger partial charge in [-0.1, -0.05) is 61.8 Å². The van der Waals surface area contributed by atoms with E-state index in [1.165, 1.54) is 5.56 Å². The number of amides is 1. The fourth-order valence-electron chi connectivity index (χ4n) is 3.60. The van der Waals surface area contributed by atoms with Gasteiger partial charge in [0.25, 0.3) is 5.91 Å². The standard InChI is InChI=1S/C28H28ClN3O2/c1-19(2)23-9-13-26(14-10-23)34-18-22-5-4-6-24(16-22)28(33)30-27-15-20(3)32(31-27)17-21-7-11-25(29)12-8-21/h4-16,19H,17-18H2,1-3H3,(H,30,31,33). The van der Waals surface area contributed by atoms with E-state index in [1.54, 1.807) is 6.07 Å². The van der Waals surface area contributed by atoms with Gasteiger partial charge in [0, 0.05) is 22.3 Å². The molecular formula is C28H28ClN3O2. The van der Waals surface area contributed by atoms with Crippen LogP contribution in [0.3, 0.4) is 0 Å². The molecule has 4 rings (SSSR count). The number of rotatable bonds is 8. The van der Waals surface area contributed by atoms with Crippen molar-refractivity contribution in [3.63, 3.8) is 0 Å². The average Bonchev–Trinajstić information content (AvgIpc) is 3.17. The third kappa shape index (κ3) is 6.06. The average molecular weight is 474 g/mol. The van der Waals surface area contributed by atoms with Gasteiger partial charge in [-0.2, -0.15) is 5.10 Å². The maximum absolute atomic E-state index is 12.8. The van der Waals surface area contributed by atoms with Crippen LogP contribution in [0.25, 0.3) is 0 Å². The fraction of sp³-hybridized carbons (Fsp3) is 0.214. The topological polar surface area (TPSA) is 56.1 Å². The van der Waals surface area contributed by atoms with Gasteiger partial charge in [-0.25, -0.2) is 0 Å². The lowest BCUT2D eigenvalue weighted by molar-refractivity contribution is 0.102. The van der Waals surface area contributed by atoms with Crippen LogP contribution >= 0.6 is 11.6 Å². The molecular weight excluding hydrogens is 446 g/mol. The Morgan fingerprint density at radius 1 is 1.00 bits per heavy atom. The zero-order chi connectivity index (χ0) is 24.1. The number of benzene rings is 3. The third-order valence-electron chi connectivity index (χ3n) is 5.61. The highest BCUT2D eigenvalue weighted by Crippen LogP contribution is 2.20. The van der Waals surface area contributed by atoms with Crippen LogP contribution in [0.2, 0.25) is 5.02 Å². The van der Waals surface area contributed by atoms with Gasteiger partial charge >= 0.3 is 0 Å². The molecule has 1 N–H and O–H groups in total. The molecule has 0 saturated carbocycles. The lowest BCUT2D eigenvalue weighted by Crippen LogP contribution is -2.13. The lowest BCUT2D eigenvalue weighted by Gasteiger charge is -2.10. The van der Waals surface area contributed by atoms with Crippen LogP contribution in [-0.4, -0.2) is 15.7 Å². The van der Waals surface area contributed by atoms with E-state index < -0.39 is 0 Å². The second-order valence-corrected chi connectivity index (χ2v) is 9.06. The maximum atomic E-state index is 12.8. The van der Waals surface area contributed by atoms with Gasteiger partial charge in [0.2, 0.25) is 0 Å². The van der Waals surface area contributed by atoms with E-state index in [-0.39, 0.29) is 5.91 Å². The first-order valence-corrected chi connectivity index (χ1v) is 11.7. The molecule has 0 fully saturated rings. The van der Waals surface area contributed by atoms with Gasteiger partial charge in [-0.15, -0.1) is 0 Å². The van der Waals surface area contributed by atoms with Crippen LogP contribution in [-0.2, 0) is 13.2 Å². The fourth-order valence-corrected chi connectivity index (χ4v) is 3.73. The summed E-state index contributed by atoms with van der Waals surface area (Å²) in [5.74, 6) is 1.60. The molecule has 0 saturated heterocycles. The summed E-state index contributed by atoms with van der Waals surface area (Å²) in [5, 5.41) is 8.14. The molecule has 34 heavy (non-hydrogen) atoms. The number of carbonyl (C=O) groups is 1. The zero-order valence-electron chi connectivity index (χ0n) is 19.6. The van der Waals surface area contributed by atoms with E-state index in [1.807, 2.05) is 72.3 Å². The Kier molecular flexibility index (Phi) is 7.33. The Labute approximate surface area is 205 Å². The van der Waals surface area contributed by atoms with Crippen molar-refractivity contribution in [3.05, 3.63) is 112 Å². The first-order valence-electron chi connectivity index (χ1n) is 11.3. The highest BCUT2D eigenvalue weighted by atomic mass is 35.5. The van der Waals surface area contributed by atoms with Crippen LogP contribution in [0.4, 0.5) is 5.82 Å². The number of aryl methyl sites for hydroxylation is 1. The molecule has 1 aromatic heterocycles. The Balaban J connectivity index is 1.38. The predicted molar refractivity (Wildman–Crippen MR) is 137 cm³/mol. The Morgan fingerprint density at radius 3 is 2.44 bits per heavy atom. The van der Waals surface area contributed by atoms with Crippen LogP contribution < -0.4 is 10.1 Å². The van der Waals surface area contributed by atoms with E-state index in [2.05, 4.69) is 36.4 Å². The van der Waals surface area contributed by atoms with E-state index in [0.29, 0.717) is 35.5 Å². The predicted octanol–water partition coefficient (Wildman–Crippen LogP) is 6.85. The molecule has 5 nitrogen and oxygen atoms in total. The van der Waals surface area contributed by atoms with Crippen LogP contribution in [0.5, 0.6) is 5.75 Å². The Bertz CT molecular complexity index is 1260. The van der Waals surface area contributed by atoms with Gasteiger partial charge in [-0.3, -0.25) is 9.48 Å². The molecule has 4 aromatic rings. The third-order valence-corrected chi connectivity index (χ3v) is 5.86. The molecule has 0 spiro atoms. The van der Waals surface area contributed by atoms with E-state index >= 15 is 0 Å². The van der Waals surface area contributed by atoms with Crippen molar-refractivity contribution in [2.75, 3.05) is 5.32 Å². The summed E-state index contributed by atoms with van der Waals surface area (Å²) < 4.78 is 7.76. The minimum absolute atomic E-state index is 0.209.